The van der Waals surface area contributed by atoms with Crippen LogP contribution in [0.4, 0.5) is 0 Å². The summed E-state index contributed by atoms with van der Waals surface area (Å²) in [5.41, 5.74) is 1.86. The largest absolute Gasteiger partial charge is 0.395 e. The molecule has 0 amide bonds. The van der Waals surface area contributed by atoms with Gasteiger partial charge in [-0.1, -0.05) is 57.0 Å². The summed E-state index contributed by atoms with van der Waals surface area (Å²) < 4.78 is 0. The summed E-state index contributed by atoms with van der Waals surface area (Å²) in [4.78, 5) is 2.48. The van der Waals surface area contributed by atoms with Crippen LogP contribution in [0.15, 0.2) is 30.3 Å². The highest BCUT2D eigenvalue weighted by Gasteiger charge is 2.43. The minimum Gasteiger partial charge on any atom is -0.395 e. The summed E-state index contributed by atoms with van der Waals surface area (Å²) in [5.74, 6) is 0. The van der Waals surface area contributed by atoms with Crippen molar-refractivity contribution in [3.8, 4) is 0 Å². The fourth-order valence-electron chi connectivity index (χ4n) is 3.77. The molecule has 0 radical (unpaired) electrons. The van der Waals surface area contributed by atoms with Crippen molar-refractivity contribution in [3.63, 3.8) is 0 Å². The molecule has 2 rings (SSSR count). The van der Waals surface area contributed by atoms with E-state index in [1.54, 1.807) is 0 Å². The smallest absolute Gasteiger partial charge is 0.0590 e. The number of hydrogen-bond acceptors (Lipinski definition) is 2. The van der Waals surface area contributed by atoms with Gasteiger partial charge < -0.3 is 5.11 Å². The van der Waals surface area contributed by atoms with Crippen LogP contribution in [0, 0.1) is 5.41 Å². The van der Waals surface area contributed by atoms with Gasteiger partial charge >= 0.3 is 0 Å². The highest BCUT2D eigenvalue weighted by molar-refractivity contribution is 5.16. The topological polar surface area (TPSA) is 23.5 Å². The molecule has 1 aromatic rings. The van der Waals surface area contributed by atoms with Gasteiger partial charge in [-0.2, -0.15) is 0 Å². The second-order valence-corrected chi connectivity index (χ2v) is 6.43. The molecule has 2 nitrogen and oxygen atoms in total. The lowest BCUT2D eigenvalue weighted by atomic mass is 9.72. The van der Waals surface area contributed by atoms with Gasteiger partial charge in [0.25, 0.3) is 0 Å². The first-order chi connectivity index (χ1) is 9.73. The molecule has 1 N–H and O–H groups in total. The predicted octanol–water partition coefficient (Wildman–Crippen LogP) is 3.49. The van der Waals surface area contributed by atoms with Crippen molar-refractivity contribution >= 4 is 0 Å². The Balaban J connectivity index is 1.91. The minimum absolute atomic E-state index is 0.267. The molecular weight excluding hydrogens is 246 g/mol. The zero-order chi connectivity index (χ0) is 14.4. The van der Waals surface area contributed by atoms with Crippen molar-refractivity contribution in [2.45, 2.75) is 52.0 Å². The normalized spacial score (nSPS) is 19.6. The maximum Gasteiger partial charge on any atom is 0.0590 e. The molecule has 1 aliphatic rings. The van der Waals surface area contributed by atoms with Crippen LogP contribution in [-0.2, 0) is 6.42 Å². The summed E-state index contributed by atoms with van der Waals surface area (Å²) >= 11 is 0. The van der Waals surface area contributed by atoms with E-state index in [-0.39, 0.29) is 6.61 Å². The molecule has 2 heteroatoms. The first-order valence-corrected chi connectivity index (χ1v) is 8.12. The van der Waals surface area contributed by atoms with E-state index in [1.165, 1.54) is 44.3 Å². The fraction of sp³-hybridized carbons (Fsp3) is 0.667. The Hall–Kier alpha value is -0.860. The molecule has 0 aliphatic carbocycles. The van der Waals surface area contributed by atoms with Crippen LogP contribution in [0.5, 0.6) is 0 Å². The van der Waals surface area contributed by atoms with E-state index in [0.717, 1.165) is 6.42 Å². The van der Waals surface area contributed by atoms with E-state index < -0.39 is 0 Å². The van der Waals surface area contributed by atoms with Crippen molar-refractivity contribution in [2.24, 2.45) is 5.41 Å². The average molecular weight is 275 g/mol. The number of hydrogen-bond donors (Lipinski definition) is 1. The summed E-state index contributed by atoms with van der Waals surface area (Å²) in [5, 5.41) is 9.71. The molecule has 1 fully saturated rings. The zero-order valence-corrected chi connectivity index (χ0v) is 13.0. The first-order valence-electron chi connectivity index (χ1n) is 8.12. The predicted molar refractivity (Wildman–Crippen MR) is 84.8 cm³/mol. The molecule has 0 unspecified atom stereocenters. The lowest BCUT2D eigenvalue weighted by Gasteiger charge is -2.53. The fourth-order valence-corrected chi connectivity index (χ4v) is 3.77. The molecule has 112 valence electrons. The van der Waals surface area contributed by atoms with E-state index >= 15 is 0 Å². The Bertz CT molecular complexity index is 376. The van der Waals surface area contributed by atoms with Gasteiger partial charge in [-0.25, -0.2) is 0 Å². The van der Waals surface area contributed by atoms with Gasteiger partial charge in [-0.3, -0.25) is 4.90 Å². The highest BCUT2D eigenvalue weighted by Crippen LogP contribution is 2.40. The molecule has 0 aromatic heterocycles. The second-order valence-electron chi connectivity index (χ2n) is 6.43. The van der Waals surface area contributed by atoms with Crippen LogP contribution < -0.4 is 0 Å². The first kappa shape index (κ1) is 15.5. The summed E-state index contributed by atoms with van der Waals surface area (Å²) in [6.45, 7) is 7.18. The molecular formula is C18H29NO. The third-order valence-electron chi connectivity index (χ3n) is 4.68. The summed E-state index contributed by atoms with van der Waals surface area (Å²) in [7, 11) is 0. The Labute approximate surface area is 123 Å². The number of aliphatic hydroxyl groups is 1. The van der Waals surface area contributed by atoms with Crippen LogP contribution in [0.3, 0.4) is 0 Å². The molecule has 0 saturated carbocycles. The van der Waals surface area contributed by atoms with E-state index in [2.05, 4.69) is 49.1 Å². The highest BCUT2D eigenvalue weighted by atomic mass is 16.3. The SMILES string of the molecule is CCCC1(CCC)CN([C@@H](CO)Cc2ccccc2)C1. The maximum atomic E-state index is 9.71. The number of nitrogens with zero attached hydrogens (tertiary/aromatic N) is 1. The lowest BCUT2D eigenvalue weighted by Crippen LogP contribution is -2.61. The molecule has 20 heavy (non-hydrogen) atoms. The third kappa shape index (κ3) is 3.62. The van der Waals surface area contributed by atoms with Gasteiger partial charge in [-0.15, -0.1) is 0 Å². The molecule has 1 heterocycles. The van der Waals surface area contributed by atoms with Gasteiger partial charge in [0.2, 0.25) is 0 Å². The van der Waals surface area contributed by atoms with Crippen LogP contribution in [0.25, 0.3) is 0 Å². The maximum absolute atomic E-state index is 9.71. The molecule has 0 spiro atoms. The molecule has 1 aliphatic heterocycles. The van der Waals surface area contributed by atoms with E-state index in [9.17, 15) is 5.11 Å². The molecule has 1 atom stereocenters. The van der Waals surface area contributed by atoms with Gasteiger partial charge in [0.1, 0.15) is 0 Å². The molecule has 1 aromatic carbocycles. The number of likely N-dealkylation sites (tertiary alicyclic amines) is 1. The Morgan fingerprint density at radius 2 is 1.70 bits per heavy atom. The summed E-state index contributed by atoms with van der Waals surface area (Å²) in [6, 6.07) is 10.8. The molecule has 1 saturated heterocycles. The van der Waals surface area contributed by atoms with Crippen LogP contribution in [0.2, 0.25) is 0 Å². The Morgan fingerprint density at radius 1 is 1.10 bits per heavy atom. The number of rotatable bonds is 8. The van der Waals surface area contributed by atoms with E-state index in [4.69, 9.17) is 0 Å². The number of benzene rings is 1. The van der Waals surface area contributed by atoms with E-state index in [0.29, 0.717) is 11.5 Å². The van der Waals surface area contributed by atoms with E-state index in [1.807, 2.05) is 0 Å². The summed E-state index contributed by atoms with van der Waals surface area (Å²) in [6.07, 6.45) is 6.18. The second kappa shape index (κ2) is 7.24. The van der Waals surface area contributed by atoms with Crippen LogP contribution in [-0.4, -0.2) is 35.7 Å². The van der Waals surface area contributed by atoms with Crippen molar-refractivity contribution in [1.29, 1.82) is 0 Å². The molecule has 0 bridgehead atoms. The standard InChI is InChI=1S/C18H29NO/c1-3-10-18(11-4-2)14-19(15-18)17(13-20)12-16-8-6-5-7-9-16/h5-9,17,20H,3-4,10-15H2,1-2H3/t17-/m1/s1. The monoisotopic (exact) mass is 275 g/mol. The van der Waals surface area contributed by atoms with Crippen molar-refractivity contribution in [3.05, 3.63) is 35.9 Å². The van der Waals surface area contributed by atoms with Crippen LogP contribution in [0.1, 0.15) is 45.1 Å². The van der Waals surface area contributed by atoms with Gasteiger partial charge in [0.05, 0.1) is 6.61 Å². The zero-order valence-electron chi connectivity index (χ0n) is 13.0. The minimum atomic E-state index is 0.267. The van der Waals surface area contributed by atoms with Gasteiger partial charge in [0, 0.05) is 19.1 Å². The average Bonchev–Trinajstić information content (AvgIpc) is 2.43. The van der Waals surface area contributed by atoms with Crippen molar-refractivity contribution in [1.82, 2.24) is 4.90 Å². The lowest BCUT2D eigenvalue weighted by molar-refractivity contribution is -0.0565. The van der Waals surface area contributed by atoms with Crippen LogP contribution >= 0.6 is 0 Å². The third-order valence-corrected chi connectivity index (χ3v) is 4.68. The number of aliphatic hydroxyl groups excluding tert-OH is 1. The Morgan fingerprint density at radius 3 is 2.20 bits per heavy atom. The Kier molecular flexibility index (Phi) is 5.62. The quantitative estimate of drug-likeness (QED) is 0.785. The van der Waals surface area contributed by atoms with Gasteiger partial charge in [-0.05, 0) is 30.2 Å². The van der Waals surface area contributed by atoms with Gasteiger partial charge in [0.15, 0.2) is 0 Å². The van der Waals surface area contributed by atoms with Crippen molar-refractivity contribution < 1.29 is 5.11 Å². The van der Waals surface area contributed by atoms with Crippen molar-refractivity contribution in [2.75, 3.05) is 19.7 Å².